The molecule has 1 heterocycles. The van der Waals surface area contributed by atoms with Gasteiger partial charge in [-0.2, -0.15) is 0 Å². The number of hydrogen-bond donors (Lipinski definition) is 2. The minimum absolute atomic E-state index is 0.200. The van der Waals surface area contributed by atoms with E-state index in [-0.39, 0.29) is 4.90 Å². The number of benzene rings is 1. The smallest absolute Gasteiger partial charge is 0.261 e. The summed E-state index contributed by atoms with van der Waals surface area (Å²) in [4.78, 5) is 4.15. The predicted octanol–water partition coefficient (Wildman–Crippen LogP) is 1.65. The molecule has 0 radical (unpaired) electrons. The van der Waals surface area contributed by atoms with E-state index in [1.54, 1.807) is 24.4 Å². The molecule has 5 nitrogen and oxygen atoms in total. The lowest BCUT2D eigenvalue weighted by atomic mass is 10.2. The number of hydrogen-bond acceptors (Lipinski definition) is 4. The number of nitrogens with zero attached hydrogens (tertiary/aromatic N) is 1. The van der Waals surface area contributed by atoms with E-state index in [1.807, 2.05) is 6.92 Å². The second-order valence-corrected chi connectivity index (χ2v) is 5.89. The molecule has 0 amide bonds. The van der Waals surface area contributed by atoms with Gasteiger partial charge < -0.3 is 5.73 Å². The number of nitrogens with one attached hydrogen (secondary N) is 1. The van der Waals surface area contributed by atoms with Crippen LogP contribution in [0.2, 0.25) is 0 Å². The highest BCUT2D eigenvalue weighted by Gasteiger charge is 2.13. The fraction of sp³-hybridized carbons (Fsp3) is 0.154. The van der Waals surface area contributed by atoms with Crippen molar-refractivity contribution in [3.63, 3.8) is 0 Å². The number of pyridine rings is 1. The first-order valence-corrected chi connectivity index (χ1v) is 7.23. The van der Waals surface area contributed by atoms with Crippen molar-refractivity contribution >= 4 is 15.7 Å². The Hall–Kier alpha value is -1.92. The van der Waals surface area contributed by atoms with Crippen LogP contribution in [0.4, 0.5) is 5.69 Å². The van der Waals surface area contributed by atoms with Gasteiger partial charge in [-0.1, -0.05) is 12.1 Å². The van der Waals surface area contributed by atoms with Gasteiger partial charge in [0, 0.05) is 12.7 Å². The maximum atomic E-state index is 12.1. The average molecular weight is 277 g/mol. The fourth-order valence-electron chi connectivity index (χ4n) is 1.63. The molecule has 19 heavy (non-hydrogen) atoms. The van der Waals surface area contributed by atoms with Crippen LogP contribution in [0.15, 0.2) is 47.6 Å². The van der Waals surface area contributed by atoms with Crippen LogP contribution in [0, 0.1) is 6.92 Å². The molecule has 0 aliphatic rings. The van der Waals surface area contributed by atoms with E-state index in [0.29, 0.717) is 12.2 Å². The van der Waals surface area contributed by atoms with Crippen molar-refractivity contribution in [3.8, 4) is 0 Å². The van der Waals surface area contributed by atoms with E-state index in [1.165, 1.54) is 18.3 Å². The second kappa shape index (κ2) is 5.38. The van der Waals surface area contributed by atoms with Crippen molar-refractivity contribution in [2.45, 2.75) is 18.4 Å². The van der Waals surface area contributed by atoms with Crippen molar-refractivity contribution in [2.24, 2.45) is 5.73 Å². The number of anilines is 1. The number of aromatic nitrogens is 1. The Balaban J connectivity index is 2.27. The molecule has 0 saturated heterocycles. The SMILES string of the molecule is Cc1cncc(NS(=O)(=O)c2ccc(CN)cc2)c1. The second-order valence-electron chi connectivity index (χ2n) is 4.20. The Kier molecular flexibility index (Phi) is 3.82. The molecule has 1 aromatic heterocycles. The van der Waals surface area contributed by atoms with Gasteiger partial charge >= 0.3 is 0 Å². The topological polar surface area (TPSA) is 85.1 Å². The zero-order valence-electron chi connectivity index (χ0n) is 10.5. The quantitative estimate of drug-likeness (QED) is 0.889. The Bertz CT molecular complexity index is 667. The highest BCUT2D eigenvalue weighted by atomic mass is 32.2. The Labute approximate surface area is 112 Å². The molecular formula is C13H15N3O2S. The van der Waals surface area contributed by atoms with Crippen LogP contribution >= 0.6 is 0 Å². The van der Waals surface area contributed by atoms with E-state index in [2.05, 4.69) is 9.71 Å². The largest absolute Gasteiger partial charge is 0.326 e. The molecule has 0 fully saturated rings. The summed E-state index contributed by atoms with van der Waals surface area (Å²) in [6.07, 6.45) is 3.13. The minimum atomic E-state index is -3.59. The zero-order valence-corrected chi connectivity index (χ0v) is 11.3. The van der Waals surface area contributed by atoms with Crippen molar-refractivity contribution in [2.75, 3.05) is 4.72 Å². The van der Waals surface area contributed by atoms with Gasteiger partial charge in [0.15, 0.2) is 0 Å². The normalized spacial score (nSPS) is 11.3. The fourth-order valence-corrected chi connectivity index (χ4v) is 2.66. The van der Waals surface area contributed by atoms with Crippen LogP contribution in [0.3, 0.4) is 0 Å². The highest BCUT2D eigenvalue weighted by molar-refractivity contribution is 7.92. The Morgan fingerprint density at radius 3 is 2.47 bits per heavy atom. The van der Waals surface area contributed by atoms with Gasteiger partial charge in [0.25, 0.3) is 10.0 Å². The number of aryl methyl sites for hydroxylation is 1. The van der Waals surface area contributed by atoms with Gasteiger partial charge in [-0.25, -0.2) is 8.42 Å². The average Bonchev–Trinajstić information content (AvgIpc) is 2.38. The molecule has 2 rings (SSSR count). The minimum Gasteiger partial charge on any atom is -0.326 e. The van der Waals surface area contributed by atoms with Gasteiger partial charge in [0.1, 0.15) is 0 Å². The standard InChI is InChI=1S/C13H15N3O2S/c1-10-6-12(9-15-8-10)16-19(17,18)13-4-2-11(7-14)3-5-13/h2-6,8-9,16H,7,14H2,1H3. The molecule has 0 unspecified atom stereocenters. The van der Waals surface area contributed by atoms with E-state index >= 15 is 0 Å². The molecule has 0 atom stereocenters. The molecule has 3 N–H and O–H groups in total. The first-order chi connectivity index (χ1) is 9.01. The van der Waals surface area contributed by atoms with E-state index in [4.69, 9.17) is 5.73 Å². The predicted molar refractivity (Wildman–Crippen MR) is 74.1 cm³/mol. The summed E-state index contributed by atoms with van der Waals surface area (Å²) < 4.78 is 26.8. The maximum absolute atomic E-state index is 12.1. The zero-order chi connectivity index (χ0) is 13.9. The summed E-state index contributed by atoms with van der Waals surface area (Å²) in [5.41, 5.74) is 7.70. The molecule has 0 aliphatic heterocycles. The lowest BCUT2D eigenvalue weighted by Gasteiger charge is -2.08. The monoisotopic (exact) mass is 277 g/mol. The molecular weight excluding hydrogens is 262 g/mol. The van der Waals surface area contributed by atoms with Crippen LogP contribution in [0.1, 0.15) is 11.1 Å². The summed E-state index contributed by atoms with van der Waals surface area (Å²) in [5.74, 6) is 0. The van der Waals surface area contributed by atoms with Crippen LogP contribution in [0.5, 0.6) is 0 Å². The lowest BCUT2D eigenvalue weighted by Crippen LogP contribution is -2.13. The lowest BCUT2D eigenvalue weighted by molar-refractivity contribution is 0.601. The van der Waals surface area contributed by atoms with Crippen LogP contribution in [0.25, 0.3) is 0 Å². The van der Waals surface area contributed by atoms with Crippen molar-refractivity contribution < 1.29 is 8.42 Å². The first kappa shape index (κ1) is 13.5. The van der Waals surface area contributed by atoms with Gasteiger partial charge in [-0.15, -0.1) is 0 Å². The summed E-state index contributed by atoms with van der Waals surface area (Å²) in [5, 5.41) is 0. The molecule has 6 heteroatoms. The molecule has 0 aliphatic carbocycles. The third-order valence-corrected chi connectivity index (χ3v) is 3.99. The van der Waals surface area contributed by atoms with Gasteiger partial charge in [-0.05, 0) is 36.2 Å². The molecule has 2 aromatic rings. The molecule has 0 bridgehead atoms. The first-order valence-electron chi connectivity index (χ1n) is 5.75. The van der Waals surface area contributed by atoms with Gasteiger partial charge in [0.2, 0.25) is 0 Å². The molecule has 0 spiro atoms. The molecule has 1 aromatic carbocycles. The third-order valence-electron chi connectivity index (χ3n) is 2.60. The molecule has 100 valence electrons. The Morgan fingerprint density at radius 2 is 1.89 bits per heavy atom. The van der Waals surface area contributed by atoms with Crippen molar-refractivity contribution in [3.05, 3.63) is 53.9 Å². The van der Waals surface area contributed by atoms with Crippen LogP contribution in [-0.2, 0) is 16.6 Å². The highest BCUT2D eigenvalue weighted by Crippen LogP contribution is 2.16. The van der Waals surface area contributed by atoms with Gasteiger partial charge in [0.05, 0.1) is 16.8 Å². The van der Waals surface area contributed by atoms with Gasteiger partial charge in [-0.3, -0.25) is 9.71 Å². The van der Waals surface area contributed by atoms with E-state index in [0.717, 1.165) is 11.1 Å². The van der Waals surface area contributed by atoms with E-state index in [9.17, 15) is 8.42 Å². The third kappa shape index (κ3) is 3.30. The molecule has 0 saturated carbocycles. The number of sulfonamides is 1. The Morgan fingerprint density at radius 1 is 1.21 bits per heavy atom. The van der Waals surface area contributed by atoms with Crippen LogP contribution < -0.4 is 10.5 Å². The summed E-state index contributed by atoms with van der Waals surface area (Å²) in [6.45, 7) is 2.23. The summed E-state index contributed by atoms with van der Waals surface area (Å²) >= 11 is 0. The number of rotatable bonds is 4. The number of nitrogens with two attached hydrogens (primary N) is 1. The van der Waals surface area contributed by atoms with Crippen molar-refractivity contribution in [1.82, 2.24) is 4.98 Å². The maximum Gasteiger partial charge on any atom is 0.261 e. The van der Waals surface area contributed by atoms with Crippen LogP contribution in [-0.4, -0.2) is 13.4 Å². The summed E-state index contributed by atoms with van der Waals surface area (Å²) in [7, 11) is -3.59. The summed E-state index contributed by atoms with van der Waals surface area (Å²) in [6, 6.07) is 8.19. The van der Waals surface area contributed by atoms with E-state index < -0.39 is 10.0 Å². The van der Waals surface area contributed by atoms with Crippen molar-refractivity contribution in [1.29, 1.82) is 0 Å².